The van der Waals surface area contributed by atoms with Gasteiger partial charge in [-0.25, -0.2) is 0 Å². The van der Waals surface area contributed by atoms with Crippen molar-refractivity contribution in [3.05, 3.63) is 28.2 Å². The zero-order valence-corrected chi connectivity index (χ0v) is 13.2. The Balaban J connectivity index is 2.32. The molecule has 0 aromatic heterocycles. The molecule has 19 heavy (non-hydrogen) atoms. The lowest BCUT2D eigenvalue weighted by atomic mass is 9.89. The molecule has 0 amide bonds. The Bertz CT molecular complexity index is 452. The Morgan fingerprint density at radius 1 is 1.37 bits per heavy atom. The highest BCUT2D eigenvalue weighted by atomic mass is 79.9. The van der Waals surface area contributed by atoms with E-state index in [1.807, 2.05) is 32.0 Å². The molecule has 0 fully saturated rings. The van der Waals surface area contributed by atoms with Crippen LogP contribution in [0, 0.1) is 16.7 Å². The second-order valence-corrected chi connectivity index (χ2v) is 6.12. The summed E-state index contributed by atoms with van der Waals surface area (Å²) < 4.78 is 6.65. The standard InChI is InChI=1S/C15H21BrN2O/c1-15(2,11-18)7-3-4-8-19-14-6-5-12(10-17)9-13(14)16/h5-6,9H,3-4,7-8,10,17H2,1-2H3. The lowest BCUT2D eigenvalue weighted by molar-refractivity contribution is 0.293. The van der Waals surface area contributed by atoms with E-state index in [-0.39, 0.29) is 5.41 Å². The average molecular weight is 325 g/mol. The lowest BCUT2D eigenvalue weighted by Gasteiger charge is -2.14. The zero-order valence-electron chi connectivity index (χ0n) is 11.6. The normalized spacial score (nSPS) is 11.1. The van der Waals surface area contributed by atoms with Crippen LogP contribution in [-0.4, -0.2) is 6.61 Å². The molecule has 0 radical (unpaired) electrons. The number of rotatable bonds is 7. The summed E-state index contributed by atoms with van der Waals surface area (Å²) in [5.74, 6) is 0.844. The smallest absolute Gasteiger partial charge is 0.133 e. The molecule has 0 saturated heterocycles. The van der Waals surface area contributed by atoms with Gasteiger partial charge in [0.1, 0.15) is 5.75 Å². The van der Waals surface area contributed by atoms with Crippen LogP contribution in [0.15, 0.2) is 22.7 Å². The van der Waals surface area contributed by atoms with Gasteiger partial charge in [0.05, 0.1) is 22.6 Å². The third-order valence-electron chi connectivity index (χ3n) is 2.99. The first kappa shape index (κ1) is 16.0. The van der Waals surface area contributed by atoms with Crippen molar-refractivity contribution in [3.63, 3.8) is 0 Å². The molecule has 4 heteroatoms. The molecule has 0 aliphatic heterocycles. The first-order valence-electron chi connectivity index (χ1n) is 6.51. The van der Waals surface area contributed by atoms with Crippen molar-refractivity contribution in [1.82, 2.24) is 0 Å². The van der Waals surface area contributed by atoms with Gasteiger partial charge >= 0.3 is 0 Å². The fraction of sp³-hybridized carbons (Fsp3) is 0.533. The van der Waals surface area contributed by atoms with Crippen LogP contribution in [0.25, 0.3) is 0 Å². The largest absolute Gasteiger partial charge is 0.492 e. The minimum Gasteiger partial charge on any atom is -0.492 e. The van der Waals surface area contributed by atoms with E-state index in [9.17, 15) is 0 Å². The van der Waals surface area contributed by atoms with E-state index >= 15 is 0 Å². The fourth-order valence-electron chi connectivity index (χ4n) is 1.70. The van der Waals surface area contributed by atoms with Crippen molar-refractivity contribution in [2.24, 2.45) is 11.1 Å². The molecule has 0 spiro atoms. The third kappa shape index (κ3) is 5.63. The fourth-order valence-corrected chi connectivity index (χ4v) is 2.24. The minimum atomic E-state index is -0.233. The van der Waals surface area contributed by atoms with Crippen LogP contribution in [0.2, 0.25) is 0 Å². The quantitative estimate of drug-likeness (QED) is 0.771. The van der Waals surface area contributed by atoms with Crippen LogP contribution >= 0.6 is 15.9 Å². The summed E-state index contributed by atoms with van der Waals surface area (Å²) in [6.07, 6.45) is 2.86. The first-order valence-corrected chi connectivity index (χ1v) is 7.30. The van der Waals surface area contributed by atoms with Crippen molar-refractivity contribution in [3.8, 4) is 11.8 Å². The highest BCUT2D eigenvalue weighted by molar-refractivity contribution is 9.10. The Labute approximate surface area is 123 Å². The number of nitrogens with two attached hydrogens (primary N) is 1. The Hall–Kier alpha value is -1.05. The molecule has 1 rings (SSSR count). The number of nitrogens with zero attached hydrogens (tertiary/aromatic N) is 1. The first-order chi connectivity index (χ1) is 8.98. The molecular weight excluding hydrogens is 304 g/mol. The second kappa shape index (κ2) is 7.52. The van der Waals surface area contributed by atoms with Crippen molar-refractivity contribution >= 4 is 15.9 Å². The molecule has 0 aliphatic carbocycles. The maximum absolute atomic E-state index is 8.92. The summed E-state index contributed by atoms with van der Waals surface area (Å²) in [5, 5.41) is 8.92. The Morgan fingerprint density at radius 2 is 2.11 bits per heavy atom. The van der Waals surface area contributed by atoms with Crippen LogP contribution in [0.4, 0.5) is 0 Å². The number of hydrogen-bond donors (Lipinski definition) is 1. The van der Waals surface area contributed by atoms with Crippen molar-refractivity contribution in [2.75, 3.05) is 6.61 Å². The predicted molar refractivity (Wildman–Crippen MR) is 80.8 cm³/mol. The van der Waals surface area contributed by atoms with E-state index in [2.05, 4.69) is 22.0 Å². The van der Waals surface area contributed by atoms with Gasteiger partial charge in [0.15, 0.2) is 0 Å². The van der Waals surface area contributed by atoms with Gasteiger partial charge in [-0.2, -0.15) is 5.26 Å². The SMILES string of the molecule is CC(C)(C#N)CCCCOc1ccc(CN)cc1Br. The molecular formula is C15H21BrN2O. The minimum absolute atomic E-state index is 0.233. The maximum Gasteiger partial charge on any atom is 0.133 e. The molecule has 0 bridgehead atoms. The second-order valence-electron chi connectivity index (χ2n) is 5.27. The summed E-state index contributed by atoms with van der Waals surface area (Å²) in [7, 11) is 0. The lowest BCUT2D eigenvalue weighted by Crippen LogP contribution is -2.08. The molecule has 0 heterocycles. The van der Waals surface area contributed by atoms with Gasteiger partial charge in [0.25, 0.3) is 0 Å². The van der Waals surface area contributed by atoms with E-state index in [1.54, 1.807) is 0 Å². The van der Waals surface area contributed by atoms with Crippen LogP contribution in [0.1, 0.15) is 38.7 Å². The third-order valence-corrected chi connectivity index (χ3v) is 3.61. The van der Waals surface area contributed by atoms with E-state index in [0.717, 1.165) is 35.0 Å². The van der Waals surface area contributed by atoms with Crippen LogP contribution in [-0.2, 0) is 6.54 Å². The van der Waals surface area contributed by atoms with Gasteiger partial charge in [0, 0.05) is 6.54 Å². The molecule has 0 aliphatic rings. The van der Waals surface area contributed by atoms with Gasteiger partial charge in [-0.3, -0.25) is 0 Å². The highest BCUT2D eigenvalue weighted by Gasteiger charge is 2.15. The molecule has 3 nitrogen and oxygen atoms in total. The average Bonchev–Trinajstić information content (AvgIpc) is 2.39. The van der Waals surface area contributed by atoms with Crippen molar-refractivity contribution < 1.29 is 4.74 Å². The molecule has 104 valence electrons. The molecule has 1 aromatic rings. The number of hydrogen-bond acceptors (Lipinski definition) is 3. The van der Waals surface area contributed by atoms with E-state index in [0.29, 0.717) is 13.2 Å². The van der Waals surface area contributed by atoms with E-state index in [4.69, 9.17) is 15.7 Å². The van der Waals surface area contributed by atoms with Gasteiger partial charge in [-0.1, -0.05) is 6.07 Å². The van der Waals surface area contributed by atoms with Gasteiger partial charge < -0.3 is 10.5 Å². The number of ether oxygens (including phenoxy) is 1. The van der Waals surface area contributed by atoms with Crippen LogP contribution in [0.5, 0.6) is 5.75 Å². The van der Waals surface area contributed by atoms with E-state index in [1.165, 1.54) is 0 Å². The highest BCUT2D eigenvalue weighted by Crippen LogP contribution is 2.26. The van der Waals surface area contributed by atoms with Crippen molar-refractivity contribution in [2.45, 2.75) is 39.7 Å². The predicted octanol–water partition coefficient (Wildman–Crippen LogP) is 4.01. The maximum atomic E-state index is 8.92. The summed E-state index contributed by atoms with van der Waals surface area (Å²) in [5.41, 5.74) is 6.42. The number of unbranched alkanes of at least 4 members (excludes halogenated alkanes) is 1. The van der Waals surface area contributed by atoms with Gasteiger partial charge in [0.2, 0.25) is 0 Å². The molecule has 0 unspecified atom stereocenters. The summed E-state index contributed by atoms with van der Waals surface area (Å²) in [6.45, 7) is 5.14. The van der Waals surface area contributed by atoms with Gasteiger partial charge in [-0.15, -0.1) is 0 Å². The zero-order chi connectivity index (χ0) is 14.3. The van der Waals surface area contributed by atoms with E-state index < -0.39 is 0 Å². The topological polar surface area (TPSA) is 59.0 Å². The Kier molecular flexibility index (Phi) is 6.33. The van der Waals surface area contributed by atoms with Gasteiger partial charge in [-0.05, 0) is 66.7 Å². The molecule has 1 aromatic carbocycles. The van der Waals surface area contributed by atoms with Crippen LogP contribution < -0.4 is 10.5 Å². The molecule has 0 atom stereocenters. The molecule has 0 saturated carbocycles. The molecule has 2 N–H and O–H groups in total. The monoisotopic (exact) mass is 324 g/mol. The number of benzene rings is 1. The summed E-state index contributed by atoms with van der Waals surface area (Å²) >= 11 is 3.48. The number of halogens is 1. The van der Waals surface area contributed by atoms with Crippen LogP contribution in [0.3, 0.4) is 0 Å². The summed E-state index contributed by atoms with van der Waals surface area (Å²) in [4.78, 5) is 0. The van der Waals surface area contributed by atoms with Crippen molar-refractivity contribution in [1.29, 1.82) is 5.26 Å². The summed E-state index contributed by atoms with van der Waals surface area (Å²) in [6, 6.07) is 8.20. The number of nitriles is 1. The Morgan fingerprint density at radius 3 is 2.68 bits per heavy atom.